The molecule has 0 amide bonds. The molecule has 1 heterocycles. The van der Waals surface area contributed by atoms with Gasteiger partial charge in [0.2, 0.25) is 0 Å². The first-order valence-corrected chi connectivity index (χ1v) is 15.6. The summed E-state index contributed by atoms with van der Waals surface area (Å²) in [4.78, 5) is 52.6. The van der Waals surface area contributed by atoms with Crippen LogP contribution in [0.3, 0.4) is 0 Å². The number of allylic oxidation sites excluding steroid dienone is 1. The van der Waals surface area contributed by atoms with Gasteiger partial charge in [-0.1, -0.05) is 72.3 Å². The van der Waals surface area contributed by atoms with Crippen LogP contribution in [0.5, 0.6) is 0 Å². The van der Waals surface area contributed by atoms with Crippen LogP contribution in [0.1, 0.15) is 64.7 Å². The van der Waals surface area contributed by atoms with Gasteiger partial charge in [-0.3, -0.25) is 9.59 Å². The van der Waals surface area contributed by atoms with E-state index >= 15 is 0 Å². The molecule has 0 aromatic heterocycles. The van der Waals surface area contributed by atoms with Crippen molar-refractivity contribution in [3.05, 3.63) is 51.9 Å². The van der Waals surface area contributed by atoms with E-state index in [1.165, 1.54) is 13.8 Å². The SMILES string of the molecule is CC(=O)O[C@@H]1C2=C(C)[C@@H](I)C[C@@](N=O)([C@@H](OC(=O)c3ccccc3)C3[C@](C)(C1O)[C@@H](O)C[C@H]1OC[C@@]31OC(C)=O)C2(C)C. The average Bonchev–Trinajstić information content (AvgIpc) is 2.93. The van der Waals surface area contributed by atoms with Crippen LogP contribution >= 0.6 is 22.6 Å². The molecule has 11 nitrogen and oxygen atoms in total. The summed E-state index contributed by atoms with van der Waals surface area (Å²) in [6.45, 7) is 9.31. The third-order valence-corrected chi connectivity index (χ3v) is 11.9. The summed E-state index contributed by atoms with van der Waals surface area (Å²) in [5.74, 6) is -3.26. The fraction of sp³-hybridized carbons (Fsp3) is 0.645. The predicted molar refractivity (Wildman–Crippen MR) is 161 cm³/mol. The van der Waals surface area contributed by atoms with Crippen LogP contribution in [0.25, 0.3) is 0 Å². The van der Waals surface area contributed by atoms with Gasteiger partial charge in [-0.25, -0.2) is 4.79 Å². The zero-order valence-electron chi connectivity index (χ0n) is 25.0. The molecule has 2 unspecified atom stereocenters. The van der Waals surface area contributed by atoms with E-state index in [-0.39, 0.29) is 28.9 Å². The fourth-order valence-corrected chi connectivity index (χ4v) is 9.33. The average molecular weight is 712 g/mol. The highest BCUT2D eigenvalue weighted by Gasteiger charge is 2.78. The number of aliphatic hydroxyl groups excluding tert-OH is 2. The number of halogens is 1. The van der Waals surface area contributed by atoms with Crippen molar-refractivity contribution >= 4 is 40.5 Å². The lowest BCUT2D eigenvalue weighted by molar-refractivity contribution is -0.355. The highest BCUT2D eigenvalue weighted by molar-refractivity contribution is 14.1. The molecule has 0 spiro atoms. The van der Waals surface area contributed by atoms with Crippen molar-refractivity contribution < 1.29 is 43.5 Å². The topological polar surface area (TPSA) is 158 Å². The van der Waals surface area contributed by atoms with E-state index in [0.29, 0.717) is 5.57 Å². The standard InChI is InChI=1S/C31H38INO10/c1-15-19(32)13-31(33-39)26(42-27(38)18-10-8-7-9-11-18)24-29(6,20(36)12-21-30(24,14-40-21)43-17(3)35)25(37)23(41-16(2)34)22(15)28(31,4)5/h7-11,19-21,23-26,36-37H,12-14H2,1-6H3/t19-,20-,21+,23+,24?,25?,26-,29+,30-,31+/m0/s1. The minimum Gasteiger partial charge on any atom is -0.456 e. The van der Waals surface area contributed by atoms with Crippen molar-refractivity contribution in [2.45, 2.75) is 100.0 Å². The molecule has 1 saturated heterocycles. The molecule has 1 aliphatic heterocycles. The number of hydrogen-bond donors (Lipinski definition) is 2. The van der Waals surface area contributed by atoms with E-state index < -0.39 is 76.3 Å². The first-order valence-electron chi connectivity index (χ1n) is 14.4. The summed E-state index contributed by atoms with van der Waals surface area (Å²) < 4.78 is 23.8. The zero-order valence-corrected chi connectivity index (χ0v) is 27.2. The van der Waals surface area contributed by atoms with Crippen molar-refractivity contribution in [2.75, 3.05) is 6.61 Å². The van der Waals surface area contributed by atoms with Gasteiger partial charge in [0, 0.05) is 35.0 Å². The summed E-state index contributed by atoms with van der Waals surface area (Å²) in [6.07, 6.45) is -6.29. The lowest BCUT2D eigenvalue weighted by Crippen LogP contribution is -2.82. The Bertz CT molecular complexity index is 1370. The third-order valence-electron chi connectivity index (χ3n) is 10.6. The summed E-state index contributed by atoms with van der Waals surface area (Å²) >= 11 is 2.18. The van der Waals surface area contributed by atoms with Crippen LogP contribution in [0.2, 0.25) is 0 Å². The van der Waals surface area contributed by atoms with Gasteiger partial charge < -0.3 is 29.2 Å². The van der Waals surface area contributed by atoms with E-state index in [1.54, 1.807) is 51.1 Å². The van der Waals surface area contributed by atoms with Gasteiger partial charge in [-0.2, -0.15) is 4.91 Å². The molecule has 2 saturated carbocycles. The highest BCUT2D eigenvalue weighted by atomic mass is 127. The second kappa shape index (κ2) is 10.9. The minimum absolute atomic E-state index is 0.0265. The molecule has 0 radical (unpaired) electrons. The number of carbonyl (C=O) groups excluding carboxylic acids is 3. The highest BCUT2D eigenvalue weighted by Crippen LogP contribution is 2.66. The van der Waals surface area contributed by atoms with Crippen LogP contribution in [-0.2, 0) is 28.5 Å². The van der Waals surface area contributed by atoms with Crippen LogP contribution in [0.15, 0.2) is 46.7 Å². The van der Waals surface area contributed by atoms with E-state index in [0.717, 1.165) is 5.57 Å². The number of benzene rings is 1. The second-order valence-corrected chi connectivity index (χ2v) is 14.5. The van der Waals surface area contributed by atoms with Crippen molar-refractivity contribution in [1.82, 2.24) is 0 Å². The fourth-order valence-electron chi connectivity index (χ4n) is 8.32. The van der Waals surface area contributed by atoms with Gasteiger partial charge in [-0.05, 0) is 31.1 Å². The van der Waals surface area contributed by atoms with E-state index in [1.807, 2.05) is 6.92 Å². The minimum atomic E-state index is -1.72. The van der Waals surface area contributed by atoms with Crippen LogP contribution in [0, 0.1) is 21.7 Å². The second-order valence-electron chi connectivity index (χ2n) is 13.0. The maximum atomic E-state index is 13.9. The van der Waals surface area contributed by atoms with Crippen LogP contribution in [-0.4, -0.2) is 80.3 Å². The van der Waals surface area contributed by atoms with E-state index in [2.05, 4.69) is 27.8 Å². The first kappa shape index (κ1) is 32.0. The van der Waals surface area contributed by atoms with Gasteiger partial charge >= 0.3 is 17.9 Å². The maximum absolute atomic E-state index is 13.9. The quantitative estimate of drug-likeness (QED) is 0.115. The van der Waals surface area contributed by atoms with Crippen molar-refractivity contribution in [3.8, 4) is 0 Å². The molecule has 3 fully saturated rings. The zero-order chi connectivity index (χ0) is 31.7. The van der Waals surface area contributed by atoms with Crippen molar-refractivity contribution in [2.24, 2.45) is 21.9 Å². The molecule has 1 aromatic carbocycles. The van der Waals surface area contributed by atoms with Crippen LogP contribution < -0.4 is 0 Å². The number of hydrogen-bond acceptors (Lipinski definition) is 11. The molecule has 5 rings (SSSR count). The summed E-state index contributed by atoms with van der Waals surface area (Å²) in [6, 6.07) is 8.25. The number of nitrogens with zero attached hydrogens (tertiary/aromatic N) is 1. The molecule has 2 bridgehead atoms. The first-order chi connectivity index (χ1) is 20.1. The number of aliphatic hydroxyl groups is 2. The van der Waals surface area contributed by atoms with Crippen molar-refractivity contribution in [1.29, 1.82) is 0 Å². The Balaban J connectivity index is 1.87. The largest absolute Gasteiger partial charge is 0.456 e. The Morgan fingerprint density at radius 2 is 1.70 bits per heavy atom. The lowest BCUT2D eigenvalue weighted by Gasteiger charge is -2.68. The number of fused-ring (bicyclic) bond motifs is 5. The Labute approximate surface area is 263 Å². The lowest BCUT2D eigenvalue weighted by atomic mass is 9.44. The molecule has 3 aliphatic carbocycles. The third kappa shape index (κ3) is 4.49. The maximum Gasteiger partial charge on any atom is 0.338 e. The van der Waals surface area contributed by atoms with E-state index in [4.69, 9.17) is 18.9 Å². The van der Waals surface area contributed by atoms with Gasteiger partial charge in [0.05, 0.1) is 24.2 Å². The van der Waals surface area contributed by atoms with Gasteiger partial charge in [0.25, 0.3) is 0 Å². The predicted octanol–water partition coefficient (Wildman–Crippen LogP) is 3.66. The van der Waals surface area contributed by atoms with Crippen LogP contribution in [0.4, 0.5) is 0 Å². The Morgan fingerprint density at radius 1 is 1.05 bits per heavy atom. The van der Waals surface area contributed by atoms with Gasteiger partial charge in [-0.15, -0.1) is 0 Å². The number of rotatable bonds is 5. The monoisotopic (exact) mass is 711 g/mol. The molecular weight excluding hydrogens is 673 g/mol. The smallest absolute Gasteiger partial charge is 0.338 e. The molecule has 1 aromatic rings. The molecule has 10 atom stereocenters. The Hall–Kier alpha value is -2.42. The van der Waals surface area contributed by atoms with Crippen molar-refractivity contribution in [3.63, 3.8) is 0 Å². The number of ether oxygens (including phenoxy) is 4. The number of esters is 3. The Morgan fingerprint density at radius 3 is 2.23 bits per heavy atom. The van der Waals surface area contributed by atoms with E-state index in [9.17, 15) is 29.5 Å². The number of alkyl halides is 1. The summed E-state index contributed by atoms with van der Waals surface area (Å²) in [5.41, 5.74) is -4.62. The molecule has 234 valence electrons. The molecule has 4 aliphatic rings. The summed E-state index contributed by atoms with van der Waals surface area (Å²) in [7, 11) is 0. The molecule has 2 N–H and O–H groups in total. The molecule has 43 heavy (non-hydrogen) atoms. The van der Waals surface area contributed by atoms with Gasteiger partial charge in [0.15, 0.2) is 11.7 Å². The summed E-state index contributed by atoms with van der Waals surface area (Å²) in [5, 5.41) is 28.0. The molecular formula is C31H38INO10. The Kier molecular flexibility index (Phi) is 8.09. The molecule has 12 heteroatoms. The van der Waals surface area contributed by atoms with Gasteiger partial charge in [0.1, 0.15) is 23.9 Å². The normalized spacial score (nSPS) is 41.3. The number of nitroso groups, excluding NO2 is 1. The number of carbonyl (C=O) groups is 3.